The van der Waals surface area contributed by atoms with Crippen LogP contribution >= 0.6 is 0 Å². The summed E-state index contributed by atoms with van der Waals surface area (Å²) in [6, 6.07) is 0. The molecule has 0 aromatic heterocycles. The van der Waals surface area contributed by atoms with Crippen LogP contribution in [-0.4, -0.2) is 257 Å². The molecule has 110 heavy (non-hydrogen) atoms. The molecule has 0 aliphatic rings. The first-order valence-electron chi connectivity index (χ1n) is 41.3. The van der Waals surface area contributed by atoms with Crippen LogP contribution in [0, 0.1) is 29.6 Å². The molecule has 5 unspecified atom stereocenters. The average molecular weight is 1580 g/mol. The molecule has 0 heterocycles. The highest BCUT2D eigenvalue weighted by atomic mass is 16.5. The molecule has 0 rings (SSSR count). The van der Waals surface area contributed by atoms with Gasteiger partial charge in [-0.25, -0.2) is 0 Å². The summed E-state index contributed by atoms with van der Waals surface area (Å²) < 4.78 is 53.2. The first-order valence-corrected chi connectivity index (χ1v) is 41.3. The second kappa shape index (κ2) is 90.5. The van der Waals surface area contributed by atoms with Crippen molar-refractivity contribution in [3.63, 3.8) is 0 Å². The minimum Gasteiger partial charge on any atom is -0.377 e. The normalized spacial score (nSPS) is 12.0. The minimum absolute atomic E-state index is 0.0560. The van der Waals surface area contributed by atoms with E-state index in [4.69, 9.17) is 47.4 Å². The standard InChI is InChI=1S/5C16H32N2O4/c5*1-4-5-6-7-14(2)16(20)18-9-11-22-13-12-21-10-8-17-15(3)19/h5*14H,4-13H2,1-3H3,(H,17,19)(H,18,20). The summed E-state index contributed by atoms with van der Waals surface area (Å²) >= 11 is 0. The molecule has 30 heteroatoms. The van der Waals surface area contributed by atoms with E-state index in [1.807, 2.05) is 34.6 Å². The Labute approximate surface area is 664 Å². The van der Waals surface area contributed by atoms with E-state index in [0.29, 0.717) is 198 Å². The molecule has 10 N–H and O–H groups in total. The zero-order valence-electron chi connectivity index (χ0n) is 71.4. The summed E-state index contributed by atoms with van der Waals surface area (Å²) in [4.78, 5) is 112. The highest BCUT2D eigenvalue weighted by Gasteiger charge is 2.16. The third-order valence-electron chi connectivity index (χ3n) is 16.1. The second-order valence-electron chi connectivity index (χ2n) is 27.0. The highest BCUT2D eigenvalue weighted by molar-refractivity contribution is 5.80. The van der Waals surface area contributed by atoms with Gasteiger partial charge in [-0.05, 0) is 32.1 Å². The van der Waals surface area contributed by atoms with E-state index in [2.05, 4.69) is 87.8 Å². The number of carbonyl (C=O) groups excluding carboxylic acids is 10. The lowest BCUT2D eigenvalue weighted by atomic mass is 10.0. The number of unbranched alkanes of at least 4 members (excludes halogenated alkanes) is 10. The van der Waals surface area contributed by atoms with Crippen molar-refractivity contribution in [2.24, 2.45) is 29.6 Å². The maximum Gasteiger partial charge on any atom is 0.222 e. The quantitative estimate of drug-likeness (QED) is 0.0264. The molecule has 10 amide bonds. The van der Waals surface area contributed by atoms with Gasteiger partial charge in [0.05, 0.1) is 132 Å². The monoisotopic (exact) mass is 1580 g/mol. The first kappa shape index (κ1) is 113. The lowest BCUT2D eigenvalue weighted by Crippen LogP contribution is -2.32. The zero-order valence-corrected chi connectivity index (χ0v) is 71.4. The van der Waals surface area contributed by atoms with Gasteiger partial charge in [0, 0.05) is 130 Å². The fourth-order valence-corrected chi connectivity index (χ4v) is 9.37. The Morgan fingerprint density at radius 3 is 0.418 bits per heavy atom. The van der Waals surface area contributed by atoms with Crippen molar-refractivity contribution >= 4 is 59.1 Å². The second-order valence-corrected chi connectivity index (χ2v) is 27.0. The fourth-order valence-electron chi connectivity index (χ4n) is 9.37. The predicted molar refractivity (Wildman–Crippen MR) is 433 cm³/mol. The number of ether oxygens (including phenoxy) is 10. The number of hydrogen-bond donors (Lipinski definition) is 10. The van der Waals surface area contributed by atoms with E-state index in [1.165, 1.54) is 98.8 Å². The molecule has 0 bridgehead atoms. The first-order chi connectivity index (χ1) is 52.9. The fraction of sp³-hybridized carbons (Fsp3) is 0.875. The van der Waals surface area contributed by atoms with Crippen LogP contribution in [0.2, 0.25) is 0 Å². The van der Waals surface area contributed by atoms with Gasteiger partial charge >= 0.3 is 0 Å². The SMILES string of the molecule is CCCCCC(C)C(=O)NCCOCCOCCNC(C)=O.CCCCCC(C)C(=O)NCCOCCOCCNC(C)=O.CCCCCC(C)C(=O)NCCOCCOCCNC(C)=O.CCCCCC(C)C(=O)NCCOCCOCCNC(C)=O.CCCCCC(C)C(=O)NCCOCCOCCNC(C)=O. The molecule has 0 saturated heterocycles. The topological polar surface area (TPSA) is 383 Å². The molecule has 0 aromatic rings. The molecular formula is C80H160N10O20. The van der Waals surface area contributed by atoms with E-state index in [-0.39, 0.29) is 88.7 Å². The molecule has 0 aromatic carbocycles. The van der Waals surface area contributed by atoms with E-state index >= 15 is 0 Å². The Morgan fingerprint density at radius 1 is 0.191 bits per heavy atom. The zero-order chi connectivity index (χ0) is 83.2. The Kier molecular flexibility index (Phi) is 92.9. The molecule has 0 fully saturated rings. The van der Waals surface area contributed by atoms with Crippen molar-refractivity contribution in [1.82, 2.24) is 53.2 Å². The smallest absolute Gasteiger partial charge is 0.222 e. The van der Waals surface area contributed by atoms with Crippen LogP contribution in [0.3, 0.4) is 0 Å². The lowest BCUT2D eigenvalue weighted by Gasteiger charge is -2.12. The highest BCUT2D eigenvalue weighted by Crippen LogP contribution is 2.13. The Hall–Kier alpha value is -5.70. The van der Waals surface area contributed by atoms with E-state index in [0.717, 1.165) is 64.2 Å². The molecule has 5 atom stereocenters. The van der Waals surface area contributed by atoms with Crippen LogP contribution in [0.1, 0.15) is 232 Å². The van der Waals surface area contributed by atoms with Gasteiger partial charge in [0.15, 0.2) is 0 Å². The van der Waals surface area contributed by atoms with Crippen LogP contribution in [0.25, 0.3) is 0 Å². The molecule has 30 nitrogen and oxygen atoms in total. The van der Waals surface area contributed by atoms with Crippen molar-refractivity contribution in [2.45, 2.75) is 232 Å². The molecule has 0 radical (unpaired) electrons. The molecule has 0 saturated carbocycles. The van der Waals surface area contributed by atoms with Crippen molar-refractivity contribution in [3.05, 3.63) is 0 Å². The summed E-state index contributed by atoms with van der Waals surface area (Å²) in [5, 5.41) is 27.6. The van der Waals surface area contributed by atoms with Gasteiger partial charge in [-0.3, -0.25) is 47.9 Å². The third-order valence-corrected chi connectivity index (χ3v) is 16.1. The molecule has 0 spiro atoms. The maximum atomic E-state index is 11.8. The van der Waals surface area contributed by atoms with Crippen LogP contribution < -0.4 is 53.2 Å². The molecule has 650 valence electrons. The van der Waals surface area contributed by atoms with E-state index in [9.17, 15) is 47.9 Å². The molecular weight excluding hydrogens is 1420 g/mol. The molecule has 0 aliphatic heterocycles. The van der Waals surface area contributed by atoms with Gasteiger partial charge in [-0.1, -0.05) is 166 Å². The van der Waals surface area contributed by atoms with Crippen LogP contribution in [-0.2, 0) is 95.3 Å². The van der Waals surface area contributed by atoms with Gasteiger partial charge in [-0.15, -0.1) is 0 Å². The minimum atomic E-state index is -0.0560. The summed E-state index contributed by atoms with van der Waals surface area (Å²) in [5.74, 6) is 0.599. The lowest BCUT2D eigenvalue weighted by molar-refractivity contribution is -0.125. The van der Waals surface area contributed by atoms with Crippen molar-refractivity contribution in [1.29, 1.82) is 0 Å². The van der Waals surface area contributed by atoms with Gasteiger partial charge in [-0.2, -0.15) is 0 Å². The third kappa shape index (κ3) is 96.5. The Balaban J connectivity index is -0.000000418. The van der Waals surface area contributed by atoms with Gasteiger partial charge in [0.2, 0.25) is 59.1 Å². The van der Waals surface area contributed by atoms with Gasteiger partial charge in [0.25, 0.3) is 0 Å². The maximum absolute atomic E-state index is 11.8. The Morgan fingerprint density at radius 2 is 0.309 bits per heavy atom. The summed E-state index contributed by atoms with van der Waals surface area (Å²) in [7, 11) is 0. The van der Waals surface area contributed by atoms with Crippen LogP contribution in [0.5, 0.6) is 0 Å². The van der Waals surface area contributed by atoms with E-state index in [1.54, 1.807) is 0 Å². The van der Waals surface area contributed by atoms with Crippen molar-refractivity contribution in [3.8, 4) is 0 Å². The number of rotatable bonds is 70. The van der Waals surface area contributed by atoms with Crippen molar-refractivity contribution in [2.75, 3.05) is 198 Å². The number of nitrogens with one attached hydrogen (secondary N) is 10. The summed E-state index contributed by atoms with van der Waals surface area (Å²) in [6.45, 7) is 43.0. The number of hydrogen-bond acceptors (Lipinski definition) is 20. The average Bonchev–Trinajstić information content (AvgIpc) is 1.01. The number of carbonyl (C=O) groups is 10. The van der Waals surface area contributed by atoms with Crippen molar-refractivity contribution < 1.29 is 95.3 Å². The summed E-state index contributed by atoms with van der Waals surface area (Å²) in [6.07, 6.45) is 22.1. The van der Waals surface area contributed by atoms with Crippen LogP contribution in [0.4, 0.5) is 0 Å². The Bertz CT molecular complexity index is 1830. The van der Waals surface area contributed by atoms with E-state index < -0.39 is 0 Å². The van der Waals surface area contributed by atoms with Gasteiger partial charge < -0.3 is 101 Å². The van der Waals surface area contributed by atoms with Gasteiger partial charge in [0.1, 0.15) is 0 Å². The molecule has 0 aliphatic carbocycles. The van der Waals surface area contributed by atoms with Crippen LogP contribution in [0.15, 0.2) is 0 Å². The number of amides is 10. The summed E-state index contributed by atoms with van der Waals surface area (Å²) in [5.41, 5.74) is 0. The largest absolute Gasteiger partial charge is 0.377 e. The predicted octanol–water partition coefficient (Wildman–Crippen LogP) is 7.44.